The molecule has 1 N–H and O–H groups in total. The number of hydrogen-bond donors (Lipinski definition) is 1. The zero-order valence-electron chi connectivity index (χ0n) is 13.8. The number of piperidine rings is 1. The maximum Gasteiger partial charge on any atom is 0.239 e. The van der Waals surface area contributed by atoms with Crippen molar-refractivity contribution in [2.24, 2.45) is 0 Å². The Hall–Kier alpha value is -1.33. The van der Waals surface area contributed by atoms with Gasteiger partial charge in [0.2, 0.25) is 10.0 Å². The van der Waals surface area contributed by atoms with Gasteiger partial charge in [0.1, 0.15) is 0 Å². The van der Waals surface area contributed by atoms with E-state index in [1.807, 2.05) is 24.3 Å². The number of benzene rings is 1. The summed E-state index contributed by atoms with van der Waals surface area (Å²) in [5.41, 5.74) is 1.72. The highest BCUT2D eigenvalue weighted by molar-refractivity contribution is 7.90. The third kappa shape index (κ3) is 3.45. The first-order chi connectivity index (χ1) is 11.1. The van der Waals surface area contributed by atoms with Gasteiger partial charge < -0.3 is 5.32 Å². The van der Waals surface area contributed by atoms with Crippen LogP contribution in [0.15, 0.2) is 30.3 Å². The summed E-state index contributed by atoms with van der Waals surface area (Å²) < 4.78 is 27.6. The molecule has 0 saturated carbocycles. The smallest absolute Gasteiger partial charge is 0.239 e. The Morgan fingerprint density at radius 3 is 2.78 bits per heavy atom. The molecule has 2 heterocycles. The topological polar surface area (TPSA) is 51.1 Å². The number of unbranched alkanes of at least 4 members (excludes halogenated alkanes) is 2. The van der Waals surface area contributed by atoms with Gasteiger partial charge >= 0.3 is 0 Å². The van der Waals surface area contributed by atoms with Crippen LogP contribution in [0, 0.1) is 0 Å². The minimum Gasteiger partial charge on any atom is -0.309 e. The quantitative estimate of drug-likeness (QED) is 0.817. The minimum absolute atomic E-state index is 0.136. The molecular formula is C18H26N2O2S. The van der Waals surface area contributed by atoms with Crippen molar-refractivity contribution in [3.05, 3.63) is 36.0 Å². The highest BCUT2D eigenvalue weighted by atomic mass is 32.2. The van der Waals surface area contributed by atoms with Crippen LogP contribution in [0.1, 0.15) is 57.2 Å². The third-order valence-corrected chi connectivity index (χ3v) is 6.41. The van der Waals surface area contributed by atoms with E-state index in [1.54, 1.807) is 3.97 Å². The van der Waals surface area contributed by atoms with E-state index in [0.29, 0.717) is 0 Å². The molecule has 3 rings (SSSR count). The zero-order valence-corrected chi connectivity index (χ0v) is 14.6. The normalized spacial score (nSPS) is 19.3. The van der Waals surface area contributed by atoms with E-state index >= 15 is 0 Å². The van der Waals surface area contributed by atoms with Crippen molar-refractivity contribution in [1.82, 2.24) is 9.29 Å². The average Bonchev–Trinajstić information content (AvgIpc) is 2.96. The van der Waals surface area contributed by atoms with E-state index in [4.69, 9.17) is 0 Å². The van der Waals surface area contributed by atoms with Crippen LogP contribution in [0.5, 0.6) is 0 Å². The molecule has 0 aliphatic carbocycles. The highest BCUT2D eigenvalue weighted by Crippen LogP contribution is 2.30. The Morgan fingerprint density at radius 2 is 2.04 bits per heavy atom. The number of hydrogen-bond acceptors (Lipinski definition) is 3. The summed E-state index contributed by atoms with van der Waals surface area (Å²) >= 11 is 0. The summed E-state index contributed by atoms with van der Waals surface area (Å²) in [4.78, 5) is 0. The second-order valence-electron chi connectivity index (χ2n) is 6.42. The molecule has 0 amide bonds. The molecule has 1 unspecified atom stereocenters. The molecule has 1 atom stereocenters. The van der Waals surface area contributed by atoms with Crippen LogP contribution >= 0.6 is 0 Å². The summed E-state index contributed by atoms with van der Waals surface area (Å²) in [6.07, 6.45) is 6.02. The molecule has 4 nitrogen and oxygen atoms in total. The number of para-hydroxylation sites is 1. The number of rotatable bonds is 6. The van der Waals surface area contributed by atoms with E-state index < -0.39 is 10.0 Å². The Bertz CT molecular complexity index is 758. The van der Waals surface area contributed by atoms with Gasteiger partial charge in [-0.25, -0.2) is 12.4 Å². The van der Waals surface area contributed by atoms with Gasteiger partial charge in [0.05, 0.1) is 17.0 Å². The molecule has 1 fully saturated rings. The van der Waals surface area contributed by atoms with Crippen LogP contribution in [-0.2, 0) is 10.0 Å². The molecule has 126 valence electrons. The molecule has 1 aliphatic heterocycles. The second kappa shape index (κ2) is 7.05. The predicted octanol–water partition coefficient (Wildman–Crippen LogP) is 3.82. The van der Waals surface area contributed by atoms with Crippen LogP contribution in [-0.4, -0.2) is 24.7 Å². The molecule has 1 aromatic heterocycles. The van der Waals surface area contributed by atoms with Crippen molar-refractivity contribution in [2.45, 2.75) is 51.5 Å². The number of fused-ring (bicyclic) bond motifs is 1. The lowest BCUT2D eigenvalue weighted by Gasteiger charge is -2.25. The first kappa shape index (κ1) is 16.5. The lowest BCUT2D eigenvalue weighted by atomic mass is 10.0. The first-order valence-electron chi connectivity index (χ1n) is 8.70. The van der Waals surface area contributed by atoms with Gasteiger partial charge in [-0.15, -0.1) is 0 Å². The molecule has 0 radical (unpaired) electrons. The Kier molecular flexibility index (Phi) is 5.07. The molecule has 5 heteroatoms. The van der Waals surface area contributed by atoms with Crippen LogP contribution in [0.25, 0.3) is 10.9 Å². The summed E-state index contributed by atoms with van der Waals surface area (Å²) in [5, 5.41) is 4.50. The first-order valence-corrected chi connectivity index (χ1v) is 10.3. The van der Waals surface area contributed by atoms with Crippen molar-refractivity contribution in [2.75, 3.05) is 12.3 Å². The molecule has 0 bridgehead atoms. The summed E-state index contributed by atoms with van der Waals surface area (Å²) in [7, 11) is -3.32. The van der Waals surface area contributed by atoms with Gasteiger partial charge in [0.25, 0.3) is 0 Å². The lowest BCUT2D eigenvalue weighted by molar-refractivity contribution is 0.403. The van der Waals surface area contributed by atoms with E-state index in [0.717, 1.165) is 55.2 Å². The molecule has 23 heavy (non-hydrogen) atoms. The van der Waals surface area contributed by atoms with Crippen LogP contribution in [0.2, 0.25) is 0 Å². The van der Waals surface area contributed by atoms with Crippen molar-refractivity contribution >= 4 is 20.9 Å². The van der Waals surface area contributed by atoms with Gasteiger partial charge in [-0.1, -0.05) is 44.4 Å². The van der Waals surface area contributed by atoms with Crippen molar-refractivity contribution in [3.63, 3.8) is 0 Å². The summed E-state index contributed by atoms with van der Waals surface area (Å²) in [6.45, 7) is 3.05. The largest absolute Gasteiger partial charge is 0.309 e. The van der Waals surface area contributed by atoms with Gasteiger partial charge in [-0.05, 0) is 37.9 Å². The number of nitrogens with one attached hydrogen (secondary N) is 1. The number of aromatic nitrogens is 1. The highest BCUT2D eigenvalue weighted by Gasteiger charge is 2.26. The minimum atomic E-state index is -3.32. The van der Waals surface area contributed by atoms with Crippen LogP contribution < -0.4 is 5.32 Å². The van der Waals surface area contributed by atoms with Crippen molar-refractivity contribution < 1.29 is 8.42 Å². The fourth-order valence-corrected chi connectivity index (χ4v) is 5.15. The lowest BCUT2D eigenvalue weighted by Crippen LogP contribution is -2.30. The molecule has 1 aliphatic rings. The SMILES string of the molecule is CCCCCS(=O)(=O)n1c(C2CCCCN2)cc2ccccc21. The van der Waals surface area contributed by atoms with E-state index in [9.17, 15) is 8.42 Å². The molecule has 1 saturated heterocycles. The number of nitrogens with zero attached hydrogens (tertiary/aromatic N) is 1. The van der Waals surface area contributed by atoms with Gasteiger partial charge in [-0.2, -0.15) is 0 Å². The predicted molar refractivity (Wildman–Crippen MR) is 95.2 cm³/mol. The summed E-state index contributed by atoms with van der Waals surface area (Å²) in [6, 6.07) is 9.98. The van der Waals surface area contributed by atoms with Crippen molar-refractivity contribution in [3.8, 4) is 0 Å². The van der Waals surface area contributed by atoms with Gasteiger partial charge in [0, 0.05) is 11.4 Å². The van der Waals surface area contributed by atoms with Crippen molar-refractivity contribution in [1.29, 1.82) is 0 Å². The Balaban J connectivity index is 2.05. The van der Waals surface area contributed by atoms with Crippen LogP contribution in [0.3, 0.4) is 0 Å². The van der Waals surface area contributed by atoms with Gasteiger partial charge in [-0.3, -0.25) is 0 Å². The Morgan fingerprint density at radius 1 is 1.22 bits per heavy atom. The molecule has 2 aromatic rings. The maximum atomic E-state index is 13.0. The van der Waals surface area contributed by atoms with Crippen LogP contribution in [0.4, 0.5) is 0 Å². The third-order valence-electron chi connectivity index (χ3n) is 4.64. The average molecular weight is 334 g/mol. The molecule has 1 aromatic carbocycles. The molecular weight excluding hydrogens is 308 g/mol. The maximum absolute atomic E-state index is 13.0. The monoisotopic (exact) mass is 334 g/mol. The van der Waals surface area contributed by atoms with E-state index in [2.05, 4.69) is 18.3 Å². The zero-order chi connectivity index (χ0) is 16.3. The Labute approximate surface area is 138 Å². The second-order valence-corrected chi connectivity index (χ2v) is 8.36. The molecule has 0 spiro atoms. The standard InChI is InChI=1S/C18H26N2O2S/c1-2-3-8-13-23(21,22)20-17-11-5-4-9-15(17)14-18(20)16-10-6-7-12-19-16/h4-5,9,11,14,16,19H,2-3,6-8,10,12-13H2,1H3. The van der Waals surface area contributed by atoms with E-state index in [1.165, 1.54) is 6.42 Å². The summed E-state index contributed by atoms with van der Waals surface area (Å²) in [5.74, 6) is 0.221. The van der Waals surface area contributed by atoms with Gasteiger partial charge in [0.15, 0.2) is 0 Å². The van der Waals surface area contributed by atoms with E-state index in [-0.39, 0.29) is 11.8 Å². The fraction of sp³-hybridized carbons (Fsp3) is 0.556. The fourth-order valence-electron chi connectivity index (χ4n) is 3.43.